The summed E-state index contributed by atoms with van der Waals surface area (Å²) in [5, 5.41) is 3.80. The predicted molar refractivity (Wildman–Crippen MR) is 51.9 cm³/mol. The molecule has 0 aromatic rings. The van der Waals surface area contributed by atoms with Crippen LogP contribution in [0.1, 0.15) is 27.2 Å². The fraction of sp³-hybridized carbons (Fsp3) is 0.778. The summed E-state index contributed by atoms with van der Waals surface area (Å²) >= 11 is 0. The van der Waals surface area contributed by atoms with E-state index in [0.717, 1.165) is 5.71 Å². The fourth-order valence-corrected chi connectivity index (χ4v) is 1.16. The van der Waals surface area contributed by atoms with E-state index in [1.807, 2.05) is 13.8 Å². The minimum Gasteiger partial charge on any atom is -0.347 e. The zero-order valence-corrected chi connectivity index (χ0v) is 8.79. The number of carbonyl (C=O) groups is 1. The van der Waals surface area contributed by atoms with Crippen molar-refractivity contribution in [2.75, 3.05) is 13.2 Å². The Morgan fingerprint density at radius 2 is 2.00 bits per heavy atom. The minimum atomic E-state index is -0.777. The Morgan fingerprint density at radius 1 is 1.43 bits per heavy atom. The Bertz CT molecular complexity index is 240. The smallest absolute Gasteiger partial charge is 0.245 e. The lowest BCUT2D eigenvalue weighted by Crippen LogP contribution is -2.33. The van der Waals surface area contributed by atoms with Gasteiger partial charge in [0.15, 0.2) is 5.79 Å². The van der Waals surface area contributed by atoms with Crippen LogP contribution in [0.15, 0.2) is 5.10 Å². The Hall–Kier alpha value is -0.940. The second kappa shape index (κ2) is 4.52. The normalized spacial score (nSPS) is 19.1. The quantitative estimate of drug-likeness (QED) is 0.537. The molecule has 0 bridgehead atoms. The van der Waals surface area contributed by atoms with Crippen LogP contribution in [0, 0.1) is 0 Å². The molecule has 1 fully saturated rings. The van der Waals surface area contributed by atoms with Gasteiger partial charge in [0.1, 0.15) is 0 Å². The van der Waals surface area contributed by atoms with Gasteiger partial charge in [0.2, 0.25) is 5.91 Å². The standard InChI is InChI=1S/C9H16N2O3/c1-7(2)10-11-8(12)6-9(3)13-4-5-14-9/h4-6H2,1-3H3,(H,11,12). The van der Waals surface area contributed by atoms with Gasteiger partial charge in [-0.05, 0) is 20.8 Å². The maximum atomic E-state index is 11.3. The largest absolute Gasteiger partial charge is 0.347 e. The average Bonchev–Trinajstić information content (AvgIpc) is 2.48. The summed E-state index contributed by atoms with van der Waals surface area (Å²) in [5.74, 6) is -0.975. The second-order valence-corrected chi connectivity index (χ2v) is 3.60. The van der Waals surface area contributed by atoms with Gasteiger partial charge >= 0.3 is 0 Å². The first-order valence-electron chi connectivity index (χ1n) is 4.59. The molecule has 0 spiro atoms. The summed E-state index contributed by atoms with van der Waals surface area (Å²) in [6.07, 6.45) is 0.170. The summed E-state index contributed by atoms with van der Waals surface area (Å²) in [4.78, 5) is 11.3. The SMILES string of the molecule is CC(C)=NNC(=O)CC1(C)OCCO1. The van der Waals surface area contributed by atoms with E-state index in [2.05, 4.69) is 10.5 Å². The van der Waals surface area contributed by atoms with Crippen molar-refractivity contribution in [2.45, 2.75) is 33.0 Å². The van der Waals surface area contributed by atoms with E-state index in [4.69, 9.17) is 9.47 Å². The van der Waals surface area contributed by atoms with Gasteiger partial charge in [-0.3, -0.25) is 4.79 Å². The van der Waals surface area contributed by atoms with Crippen LogP contribution in [0.3, 0.4) is 0 Å². The summed E-state index contributed by atoms with van der Waals surface area (Å²) < 4.78 is 10.6. The van der Waals surface area contributed by atoms with Crippen LogP contribution in [0.4, 0.5) is 0 Å². The zero-order chi connectivity index (χ0) is 10.6. The van der Waals surface area contributed by atoms with Crippen LogP contribution < -0.4 is 5.43 Å². The van der Waals surface area contributed by atoms with Crippen LogP contribution in [0.25, 0.3) is 0 Å². The van der Waals surface area contributed by atoms with E-state index in [-0.39, 0.29) is 12.3 Å². The Kier molecular flexibility index (Phi) is 3.60. The van der Waals surface area contributed by atoms with E-state index in [1.165, 1.54) is 0 Å². The maximum absolute atomic E-state index is 11.3. The van der Waals surface area contributed by atoms with E-state index in [0.29, 0.717) is 13.2 Å². The highest BCUT2D eigenvalue weighted by molar-refractivity contribution is 5.82. The summed E-state index contributed by atoms with van der Waals surface area (Å²) in [5.41, 5.74) is 3.23. The zero-order valence-electron chi connectivity index (χ0n) is 8.79. The number of rotatable bonds is 3. The third-order valence-electron chi connectivity index (χ3n) is 1.78. The van der Waals surface area contributed by atoms with Crippen molar-refractivity contribution in [1.29, 1.82) is 0 Å². The Balaban J connectivity index is 2.36. The highest BCUT2D eigenvalue weighted by Gasteiger charge is 2.33. The molecule has 0 aliphatic carbocycles. The molecule has 0 aromatic carbocycles. The molecule has 0 unspecified atom stereocenters. The van der Waals surface area contributed by atoms with Crippen molar-refractivity contribution in [3.05, 3.63) is 0 Å². The van der Waals surface area contributed by atoms with Gasteiger partial charge < -0.3 is 9.47 Å². The van der Waals surface area contributed by atoms with Gasteiger partial charge in [0.25, 0.3) is 0 Å². The first-order valence-corrected chi connectivity index (χ1v) is 4.59. The fourth-order valence-electron chi connectivity index (χ4n) is 1.16. The molecule has 1 heterocycles. The number of ether oxygens (including phenoxy) is 2. The van der Waals surface area contributed by atoms with E-state index in [9.17, 15) is 4.79 Å². The van der Waals surface area contributed by atoms with Gasteiger partial charge in [-0.15, -0.1) is 0 Å². The molecule has 0 radical (unpaired) electrons. The van der Waals surface area contributed by atoms with Crippen LogP contribution >= 0.6 is 0 Å². The molecular weight excluding hydrogens is 184 g/mol. The van der Waals surface area contributed by atoms with Gasteiger partial charge in [-0.25, -0.2) is 5.43 Å². The highest BCUT2D eigenvalue weighted by atomic mass is 16.7. The second-order valence-electron chi connectivity index (χ2n) is 3.60. The molecule has 1 amide bonds. The van der Waals surface area contributed by atoms with Crippen LogP contribution in [-0.4, -0.2) is 30.6 Å². The Labute approximate surface area is 83.5 Å². The number of hydrogen-bond acceptors (Lipinski definition) is 4. The van der Waals surface area contributed by atoms with Crippen LogP contribution in [-0.2, 0) is 14.3 Å². The molecule has 1 rings (SSSR count). The molecular formula is C9H16N2O3. The van der Waals surface area contributed by atoms with Crippen molar-refractivity contribution < 1.29 is 14.3 Å². The lowest BCUT2D eigenvalue weighted by atomic mass is 10.2. The van der Waals surface area contributed by atoms with E-state index in [1.54, 1.807) is 6.92 Å². The third-order valence-corrected chi connectivity index (χ3v) is 1.78. The molecule has 5 nitrogen and oxygen atoms in total. The number of carbonyl (C=O) groups excluding carboxylic acids is 1. The molecule has 1 N–H and O–H groups in total. The average molecular weight is 200 g/mol. The first-order chi connectivity index (χ1) is 6.52. The summed E-state index contributed by atoms with van der Waals surface area (Å²) in [6.45, 7) is 6.46. The van der Waals surface area contributed by atoms with Crippen LogP contribution in [0.5, 0.6) is 0 Å². The molecule has 1 aliphatic heterocycles. The molecule has 1 aliphatic rings. The number of amides is 1. The number of hydrazone groups is 1. The molecule has 0 atom stereocenters. The van der Waals surface area contributed by atoms with Crippen molar-refractivity contribution in [3.63, 3.8) is 0 Å². The topological polar surface area (TPSA) is 59.9 Å². The highest BCUT2D eigenvalue weighted by Crippen LogP contribution is 2.21. The van der Waals surface area contributed by atoms with Gasteiger partial charge in [-0.1, -0.05) is 0 Å². The molecule has 0 saturated carbocycles. The van der Waals surface area contributed by atoms with Gasteiger partial charge in [0.05, 0.1) is 19.6 Å². The molecule has 80 valence electrons. The molecule has 5 heteroatoms. The maximum Gasteiger partial charge on any atom is 0.245 e. The lowest BCUT2D eigenvalue weighted by molar-refractivity contribution is -0.159. The van der Waals surface area contributed by atoms with Crippen LogP contribution in [0.2, 0.25) is 0 Å². The van der Waals surface area contributed by atoms with E-state index >= 15 is 0 Å². The lowest BCUT2D eigenvalue weighted by Gasteiger charge is -2.20. The van der Waals surface area contributed by atoms with Crippen molar-refractivity contribution >= 4 is 11.6 Å². The van der Waals surface area contributed by atoms with Gasteiger partial charge in [-0.2, -0.15) is 5.10 Å². The number of hydrogen-bond donors (Lipinski definition) is 1. The van der Waals surface area contributed by atoms with Crippen molar-refractivity contribution in [1.82, 2.24) is 5.43 Å². The summed E-state index contributed by atoms with van der Waals surface area (Å²) in [7, 11) is 0. The molecule has 0 aromatic heterocycles. The van der Waals surface area contributed by atoms with Gasteiger partial charge in [0, 0.05) is 5.71 Å². The number of nitrogens with one attached hydrogen (secondary N) is 1. The molecule has 14 heavy (non-hydrogen) atoms. The predicted octanol–water partition coefficient (Wildman–Crippen LogP) is 0.651. The van der Waals surface area contributed by atoms with Crippen molar-refractivity contribution in [3.8, 4) is 0 Å². The van der Waals surface area contributed by atoms with E-state index < -0.39 is 5.79 Å². The molecule has 1 saturated heterocycles. The van der Waals surface area contributed by atoms with Crippen molar-refractivity contribution in [2.24, 2.45) is 5.10 Å². The summed E-state index contributed by atoms with van der Waals surface area (Å²) in [6, 6.07) is 0. The monoisotopic (exact) mass is 200 g/mol. The number of nitrogens with zero attached hydrogens (tertiary/aromatic N) is 1. The Morgan fingerprint density at radius 3 is 2.50 bits per heavy atom. The minimum absolute atomic E-state index is 0.170. The third kappa shape index (κ3) is 3.43. The first kappa shape index (κ1) is 11.1.